The molecule has 0 aliphatic carbocycles. The first kappa shape index (κ1) is 11.4. The second-order valence-corrected chi connectivity index (χ2v) is 3.07. The molecule has 0 aliphatic heterocycles. The molecule has 0 unspecified atom stereocenters. The summed E-state index contributed by atoms with van der Waals surface area (Å²) >= 11 is 10.3. The van der Waals surface area contributed by atoms with Crippen LogP contribution in [0.25, 0.3) is 0 Å². The van der Waals surface area contributed by atoms with Gasteiger partial charge in [0.15, 0.2) is 0 Å². The van der Waals surface area contributed by atoms with Crippen LogP contribution in [0, 0.1) is 11.8 Å². The van der Waals surface area contributed by atoms with E-state index >= 15 is 0 Å². The number of aliphatic imine (C=N–C) groups is 1. The van der Waals surface area contributed by atoms with E-state index in [9.17, 15) is 4.79 Å². The van der Waals surface area contributed by atoms with E-state index in [4.69, 9.17) is 17.3 Å². The monoisotopic (exact) mass is 236 g/mol. The Morgan fingerprint density at radius 2 is 2.27 bits per heavy atom. The summed E-state index contributed by atoms with van der Waals surface area (Å²) in [5.74, 6) is 4.07. The number of carbonyl (C=O) groups excluding carboxylic acids is 1. The Kier molecular flexibility index (Phi) is 4.02. The zero-order chi connectivity index (χ0) is 11.3. The highest BCUT2D eigenvalue weighted by Crippen LogP contribution is 2.24. The van der Waals surface area contributed by atoms with E-state index in [1.807, 2.05) is 0 Å². The van der Waals surface area contributed by atoms with Gasteiger partial charge in [0.1, 0.15) is 0 Å². The SMILES string of the molecule is NC(=O)C#Cc1ccc(N=C=S)c(Cl)c1. The van der Waals surface area contributed by atoms with Gasteiger partial charge in [-0.05, 0) is 36.3 Å². The van der Waals surface area contributed by atoms with Gasteiger partial charge in [0.2, 0.25) is 0 Å². The molecule has 0 aromatic heterocycles. The van der Waals surface area contributed by atoms with Crippen LogP contribution in [-0.4, -0.2) is 11.1 Å². The molecule has 0 saturated carbocycles. The van der Waals surface area contributed by atoms with Gasteiger partial charge in [-0.3, -0.25) is 4.79 Å². The van der Waals surface area contributed by atoms with Crippen molar-refractivity contribution in [2.75, 3.05) is 0 Å². The summed E-state index contributed by atoms with van der Waals surface area (Å²) in [4.78, 5) is 14.1. The summed E-state index contributed by atoms with van der Waals surface area (Å²) in [5, 5.41) is 2.60. The zero-order valence-corrected chi connectivity index (χ0v) is 9.02. The number of carbonyl (C=O) groups is 1. The Labute approximate surface area is 96.9 Å². The van der Waals surface area contributed by atoms with Crippen molar-refractivity contribution in [1.29, 1.82) is 0 Å². The predicted octanol–water partition coefficient (Wildman–Crippen LogP) is 1.91. The third-order valence-electron chi connectivity index (χ3n) is 1.44. The average molecular weight is 237 g/mol. The number of hydrogen-bond donors (Lipinski definition) is 1. The van der Waals surface area contributed by atoms with E-state index in [1.54, 1.807) is 18.2 Å². The van der Waals surface area contributed by atoms with Gasteiger partial charge in [-0.2, -0.15) is 4.99 Å². The Bertz CT molecular complexity index is 510. The fourth-order valence-corrected chi connectivity index (χ4v) is 1.18. The first-order valence-electron chi connectivity index (χ1n) is 3.82. The highest BCUT2D eigenvalue weighted by molar-refractivity contribution is 7.78. The summed E-state index contributed by atoms with van der Waals surface area (Å²) in [6, 6.07) is 4.86. The minimum Gasteiger partial charge on any atom is -0.359 e. The maximum absolute atomic E-state index is 10.4. The number of nitrogens with two attached hydrogens (primary N) is 1. The van der Waals surface area contributed by atoms with Crippen LogP contribution in [-0.2, 0) is 4.79 Å². The van der Waals surface area contributed by atoms with E-state index in [0.717, 1.165) is 0 Å². The number of rotatable bonds is 1. The molecule has 0 saturated heterocycles. The molecular weight excluding hydrogens is 232 g/mol. The molecule has 0 heterocycles. The number of hydrogen-bond acceptors (Lipinski definition) is 3. The largest absolute Gasteiger partial charge is 0.359 e. The zero-order valence-electron chi connectivity index (χ0n) is 7.45. The Morgan fingerprint density at radius 1 is 1.53 bits per heavy atom. The smallest absolute Gasteiger partial charge is 0.293 e. The number of amides is 1. The van der Waals surface area contributed by atoms with Crippen LogP contribution in [0.5, 0.6) is 0 Å². The van der Waals surface area contributed by atoms with Crippen molar-refractivity contribution in [1.82, 2.24) is 0 Å². The van der Waals surface area contributed by atoms with Gasteiger partial charge in [0.05, 0.1) is 15.9 Å². The predicted molar refractivity (Wildman–Crippen MR) is 62.2 cm³/mol. The number of thiocarbonyl (C=S) groups is 1. The molecule has 3 nitrogen and oxygen atoms in total. The van der Waals surface area contributed by atoms with Crippen molar-refractivity contribution in [3.05, 3.63) is 28.8 Å². The van der Waals surface area contributed by atoms with Gasteiger partial charge in [0.25, 0.3) is 5.91 Å². The van der Waals surface area contributed by atoms with Crippen LogP contribution in [0.3, 0.4) is 0 Å². The molecule has 74 valence electrons. The number of benzene rings is 1. The summed E-state index contributed by atoms with van der Waals surface area (Å²) in [7, 11) is 0. The highest BCUT2D eigenvalue weighted by Gasteiger charge is 1.98. The Morgan fingerprint density at radius 3 is 2.80 bits per heavy atom. The fourth-order valence-electron chi connectivity index (χ4n) is 0.858. The van der Waals surface area contributed by atoms with E-state index in [-0.39, 0.29) is 0 Å². The lowest BCUT2D eigenvalue weighted by molar-refractivity contribution is -0.112. The van der Waals surface area contributed by atoms with Gasteiger partial charge >= 0.3 is 0 Å². The van der Waals surface area contributed by atoms with Crippen molar-refractivity contribution < 1.29 is 4.79 Å². The Balaban J connectivity index is 3.08. The topological polar surface area (TPSA) is 55.5 Å². The molecule has 0 bridgehead atoms. The number of halogens is 1. The van der Waals surface area contributed by atoms with Gasteiger partial charge in [0, 0.05) is 5.56 Å². The minimum atomic E-state index is -0.688. The number of isothiocyanates is 1. The third kappa shape index (κ3) is 3.53. The summed E-state index contributed by atoms with van der Waals surface area (Å²) < 4.78 is 0. The Hall–Kier alpha value is -1.66. The maximum atomic E-state index is 10.4. The molecule has 1 aromatic rings. The van der Waals surface area contributed by atoms with Crippen molar-refractivity contribution >= 4 is 40.6 Å². The maximum Gasteiger partial charge on any atom is 0.293 e. The molecule has 0 spiro atoms. The standard InChI is InChI=1S/C10H5ClN2OS/c11-8-5-7(2-4-10(12)14)1-3-9(8)13-6-15/h1,3,5H,(H2,12,14). The van der Waals surface area contributed by atoms with Crippen molar-refractivity contribution in [2.45, 2.75) is 0 Å². The molecule has 1 aromatic carbocycles. The molecule has 0 fully saturated rings. The summed E-state index contributed by atoms with van der Waals surface area (Å²) in [6.07, 6.45) is 0. The fraction of sp³-hybridized carbons (Fsp3) is 0. The van der Waals surface area contributed by atoms with Crippen LogP contribution < -0.4 is 5.73 Å². The van der Waals surface area contributed by atoms with Crippen LogP contribution in [0.15, 0.2) is 23.2 Å². The van der Waals surface area contributed by atoms with Gasteiger partial charge < -0.3 is 5.73 Å². The van der Waals surface area contributed by atoms with Crippen LogP contribution in [0.2, 0.25) is 5.02 Å². The molecule has 15 heavy (non-hydrogen) atoms. The van der Waals surface area contributed by atoms with Crippen molar-refractivity contribution in [3.63, 3.8) is 0 Å². The second-order valence-electron chi connectivity index (χ2n) is 2.48. The van der Waals surface area contributed by atoms with E-state index in [2.05, 4.69) is 34.2 Å². The quantitative estimate of drug-likeness (QED) is 0.460. The van der Waals surface area contributed by atoms with Crippen molar-refractivity contribution in [3.8, 4) is 11.8 Å². The molecule has 0 aliphatic rings. The molecular formula is C10H5ClN2OS. The van der Waals surface area contributed by atoms with E-state index in [1.165, 1.54) is 0 Å². The van der Waals surface area contributed by atoms with Crippen LogP contribution >= 0.6 is 23.8 Å². The van der Waals surface area contributed by atoms with Gasteiger partial charge in [-0.25, -0.2) is 0 Å². The summed E-state index contributed by atoms with van der Waals surface area (Å²) in [5.41, 5.74) is 5.96. The van der Waals surface area contributed by atoms with E-state index in [0.29, 0.717) is 16.3 Å². The molecule has 0 radical (unpaired) electrons. The van der Waals surface area contributed by atoms with Crippen LogP contribution in [0.4, 0.5) is 5.69 Å². The first-order valence-corrected chi connectivity index (χ1v) is 4.61. The lowest BCUT2D eigenvalue weighted by atomic mass is 10.2. The van der Waals surface area contributed by atoms with E-state index < -0.39 is 5.91 Å². The van der Waals surface area contributed by atoms with Crippen molar-refractivity contribution in [2.24, 2.45) is 10.7 Å². The first-order chi connectivity index (χ1) is 7.13. The molecule has 5 heteroatoms. The average Bonchev–Trinajstić information content (AvgIpc) is 2.19. The minimum absolute atomic E-state index is 0.392. The normalized spacial score (nSPS) is 8.33. The molecule has 2 N–H and O–H groups in total. The molecule has 1 rings (SSSR count). The molecule has 1 amide bonds. The number of primary amides is 1. The third-order valence-corrected chi connectivity index (χ3v) is 1.84. The highest BCUT2D eigenvalue weighted by atomic mass is 35.5. The number of nitrogens with zero attached hydrogens (tertiary/aromatic N) is 1. The lowest BCUT2D eigenvalue weighted by Crippen LogP contribution is -2.06. The lowest BCUT2D eigenvalue weighted by Gasteiger charge is -1.96. The summed E-state index contributed by atoms with van der Waals surface area (Å²) in [6.45, 7) is 0. The van der Waals surface area contributed by atoms with Gasteiger partial charge in [-0.1, -0.05) is 17.5 Å². The second kappa shape index (κ2) is 5.28. The van der Waals surface area contributed by atoms with Gasteiger partial charge in [-0.15, -0.1) is 0 Å². The van der Waals surface area contributed by atoms with Crippen LogP contribution in [0.1, 0.15) is 5.56 Å². The molecule has 0 atom stereocenters.